The van der Waals surface area contributed by atoms with Gasteiger partial charge in [-0.3, -0.25) is 4.79 Å². The van der Waals surface area contributed by atoms with Gasteiger partial charge in [0.2, 0.25) is 15.9 Å². The zero-order valence-corrected chi connectivity index (χ0v) is 11.4. The fourth-order valence-corrected chi connectivity index (χ4v) is 2.39. The second-order valence-electron chi connectivity index (χ2n) is 3.69. The van der Waals surface area contributed by atoms with Gasteiger partial charge in [-0.2, -0.15) is 0 Å². The summed E-state index contributed by atoms with van der Waals surface area (Å²) in [6.07, 6.45) is 0. The lowest BCUT2D eigenvalue weighted by molar-refractivity contribution is -0.116. The summed E-state index contributed by atoms with van der Waals surface area (Å²) in [5.74, 6) is -2.10. The number of benzene rings is 1. The van der Waals surface area contributed by atoms with Gasteiger partial charge in [-0.15, -0.1) is 0 Å². The fourth-order valence-electron chi connectivity index (χ4n) is 1.37. The Morgan fingerprint density at radius 3 is 2.55 bits per heavy atom. The predicted molar refractivity (Wildman–Crippen MR) is 69.0 cm³/mol. The summed E-state index contributed by atoms with van der Waals surface area (Å²) in [5.41, 5.74) is 4.56. The van der Waals surface area contributed by atoms with Gasteiger partial charge >= 0.3 is 5.97 Å². The van der Waals surface area contributed by atoms with E-state index in [0.29, 0.717) is 0 Å². The number of sulfonamides is 1. The minimum Gasteiger partial charge on any atom is -0.493 e. The number of carboxylic acids is 1. The van der Waals surface area contributed by atoms with Crippen LogP contribution in [0.4, 0.5) is 0 Å². The normalized spacial score (nSPS) is 11.1. The number of carbonyl (C=O) groups is 2. The number of carboxylic acid groups (broad SMARTS) is 1. The van der Waals surface area contributed by atoms with E-state index in [-0.39, 0.29) is 22.8 Å². The first-order valence-corrected chi connectivity index (χ1v) is 7.04. The third kappa shape index (κ3) is 3.93. The van der Waals surface area contributed by atoms with E-state index in [0.717, 1.165) is 6.07 Å². The minimum atomic E-state index is -4.01. The molecule has 0 saturated heterocycles. The van der Waals surface area contributed by atoms with Crippen molar-refractivity contribution in [3.8, 4) is 5.75 Å². The zero-order chi connectivity index (χ0) is 15.3. The minimum absolute atomic E-state index is 0.0638. The topological polar surface area (TPSA) is 136 Å². The largest absolute Gasteiger partial charge is 0.493 e. The number of ether oxygens (including phenoxy) is 1. The molecule has 0 saturated carbocycles. The molecule has 0 aliphatic carbocycles. The van der Waals surface area contributed by atoms with E-state index >= 15 is 0 Å². The highest BCUT2D eigenvalue weighted by atomic mass is 32.2. The average molecular weight is 302 g/mol. The highest BCUT2D eigenvalue weighted by Crippen LogP contribution is 2.22. The molecular weight excluding hydrogens is 288 g/mol. The summed E-state index contributed by atoms with van der Waals surface area (Å²) in [6.45, 7) is 1.34. The Kier molecular flexibility index (Phi) is 5.06. The van der Waals surface area contributed by atoms with Gasteiger partial charge in [0.15, 0.2) is 0 Å². The van der Waals surface area contributed by atoms with Crippen molar-refractivity contribution >= 4 is 21.9 Å². The van der Waals surface area contributed by atoms with Crippen LogP contribution in [0.25, 0.3) is 0 Å². The van der Waals surface area contributed by atoms with Crippen LogP contribution in [0, 0.1) is 0 Å². The van der Waals surface area contributed by atoms with Crippen molar-refractivity contribution in [2.75, 3.05) is 13.2 Å². The zero-order valence-electron chi connectivity index (χ0n) is 10.6. The number of primary amides is 1. The maximum atomic E-state index is 11.8. The summed E-state index contributed by atoms with van der Waals surface area (Å²) >= 11 is 0. The Hall–Kier alpha value is -2.13. The molecule has 1 aromatic carbocycles. The van der Waals surface area contributed by atoms with Crippen LogP contribution in [-0.2, 0) is 14.8 Å². The summed E-state index contributed by atoms with van der Waals surface area (Å²) in [6, 6.07) is 3.38. The Bertz CT molecular complexity index is 626. The lowest BCUT2D eigenvalue weighted by atomic mass is 10.2. The standard InChI is InChI=1S/C11H14N2O6S/c1-2-19-9-4-3-7(5-8(9)11(15)16)20(17,18)13-6-10(12)14/h3-5,13H,2,6H2,1H3,(H2,12,14)(H,15,16). The van der Waals surface area contributed by atoms with Gasteiger partial charge in [0, 0.05) is 0 Å². The summed E-state index contributed by atoms with van der Waals surface area (Å²) < 4.78 is 30.7. The molecule has 1 aromatic rings. The molecule has 8 nitrogen and oxygen atoms in total. The molecule has 0 aromatic heterocycles. The average Bonchev–Trinajstić information content (AvgIpc) is 2.37. The van der Waals surface area contributed by atoms with Crippen LogP contribution in [0.5, 0.6) is 5.75 Å². The quantitative estimate of drug-likeness (QED) is 0.624. The molecule has 0 bridgehead atoms. The van der Waals surface area contributed by atoms with Gasteiger partial charge in [0.1, 0.15) is 11.3 Å². The first-order valence-electron chi connectivity index (χ1n) is 5.56. The molecule has 20 heavy (non-hydrogen) atoms. The van der Waals surface area contributed by atoms with E-state index in [4.69, 9.17) is 15.6 Å². The van der Waals surface area contributed by atoms with Crippen molar-refractivity contribution in [2.45, 2.75) is 11.8 Å². The van der Waals surface area contributed by atoms with Gasteiger partial charge in [0.25, 0.3) is 0 Å². The second-order valence-corrected chi connectivity index (χ2v) is 5.45. The SMILES string of the molecule is CCOc1ccc(S(=O)(=O)NCC(N)=O)cc1C(=O)O. The van der Waals surface area contributed by atoms with Gasteiger partial charge in [0.05, 0.1) is 18.0 Å². The number of carbonyl (C=O) groups excluding carboxylic acids is 1. The molecule has 0 heterocycles. The molecule has 0 radical (unpaired) electrons. The molecule has 0 unspecified atom stereocenters. The Balaban J connectivity index is 3.17. The molecule has 1 rings (SSSR count). The smallest absolute Gasteiger partial charge is 0.339 e. The van der Waals surface area contributed by atoms with Crippen LogP contribution < -0.4 is 15.2 Å². The maximum Gasteiger partial charge on any atom is 0.339 e. The third-order valence-corrected chi connectivity index (χ3v) is 3.63. The Morgan fingerprint density at radius 2 is 2.05 bits per heavy atom. The van der Waals surface area contributed by atoms with E-state index in [9.17, 15) is 18.0 Å². The molecular formula is C11H14N2O6S. The number of nitrogens with two attached hydrogens (primary N) is 1. The van der Waals surface area contributed by atoms with Crippen LogP contribution in [0.15, 0.2) is 23.1 Å². The highest BCUT2D eigenvalue weighted by molar-refractivity contribution is 7.89. The van der Waals surface area contributed by atoms with Crippen LogP contribution in [0.1, 0.15) is 17.3 Å². The second kappa shape index (κ2) is 6.35. The number of amides is 1. The van der Waals surface area contributed by atoms with Crippen molar-refractivity contribution in [1.82, 2.24) is 4.72 Å². The van der Waals surface area contributed by atoms with Crippen LogP contribution in [0.2, 0.25) is 0 Å². The number of hydrogen-bond acceptors (Lipinski definition) is 5. The molecule has 0 fully saturated rings. The molecule has 4 N–H and O–H groups in total. The van der Waals surface area contributed by atoms with Gasteiger partial charge in [-0.05, 0) is 25.1 Å². The van der Waals surface area contributed by atoms with Crippen molar-refractivity contribution in [3.63, 3.8) is 0 Å². The fraction of sp³-hybridized carbons (Fsp3) is 0.273. The van der Waals surface area contributed by atoms with Crippen molar-refractivity contribution in [2.24, 2.45) is 5.73 Å². The number of nitrogens with one attached hydrogen (secondary N) is 1. The van der Waals surface area contributed by atoms with Crippen LogP contribution in [0.3, 0.4) is 0 Å². The summed E-state index contributed by atoms with van der Waals surface area (Å²) in [5, 5.41) is 9.03. The monoisotopic (exact) mass is 302 g/mol. The third-order valence-electron chi connectivity index (χ3n) is 2.23. The molecule has 110 valence electrons. The number of aromatic carboxylic acids is 1. The lowest BCUT2D eigenvalue weighted by Crippen LogP contribution is -2.33. The van der Waals surface area contributed by atoms with Gasteiger partial charge < -0.3 is 15.6 Å². The van der Waals surface area contributed by atoms with E-state index in [2.05, 4.69) is 0 Å². The van der Waals surface area contributed by atoms with Crippen molar-refractivity contribution in [1.29, 1.82) is 0 Å². The first-order chi connectivity index (χ1) is 9.27. The first kappa shape index (κ1) is 15.9. The van der Waals surface area contributed by atoms with E-state index in [1.165, 1.54) is 12.1 Å². The van der Waals surface area contributed by atoms with Crippen molar-refractivity contribution in [3.05, 3.63) is 23.8 Å². The predicted octanol–water partition coefficient (Wildman–Crippen LogP) is -0.453. The molecule has 9 heteroatoms. The molecule has 0 spiro atoms. The Labute approximate surface area is 115 Å². The molecule has 1 amide bonds. The maximum absolute atomic E-state index is 11.8. The van der Waals surface area contributed by atoms with Crippen molar-refractivity contribution < 1.29 is 27.9 Å². The van der Waals surface area contributed by atoms with E-state index in [1.54, 1.807) is 6.92 Å². The van der Waals surface area contributed by atoms with Crippen LogP contribution >= 0.6 is 0 Å². The number of rotatable bonds is 7. The summed E-state index contributed by atoms with van der Waals surface area (Å²) in [4.78, 5) is 21.4. The van der Waals surface area contributed by atoms with E-state index < -0.39 is 28.4 Å². The van der Waals surface area contributed by atoms with Gasteiger partial charge in [-0.25, -0.2) is 17.9 Å². The van der Waals surface area contributed by atoms with Gasteiger partial charge in [-0.1, -0.05) is 0 Å². The lowest BCUT2D eigenvalue weighted by Gasteiger charge is -2.10. The van der Waals surface area contributed by atoms with Crippen LogP contribution in [-0.4, -0.2) is 38.6 Å². The molecule has 0 aliphatic heterocycles. The molecule has 0 atom stereocenters. The number of hydrogen-bond donors (Lipinski definition) is 3. The summed E-state index contributed by atoms with van der Waals surface area (Å²) in [7, 11) is -4.01. The molecule has 0 aliphatic rings. The van der Waals surface area contributed by atoms with E-state index in [1.807, 2.05) is 4.72 Å². The highest BCUT2D eigenvalue weighted by Gasteiger charge is 2.19. The Morgan fingerprint density at radius 1 is 1.40 bits per heavy atom.